The maximum atomic E-state index is 12.7. The molecule has 0 aliphatic heterocycles. The first-order chi connectivity index (χ1) is 20.3. The Hall–Kier alpha value is -3.74. The van der Waals surface area contributed by atoms with E-state index < -0.39 is 6.04 Å². The summed E-state index contributed by atoms with van der Waals surface area (Å²) in [5, 5.41) is 26.3. The van der Waals surface area contributed by atoms with Crippen molar-refractivity contribution in [2.45, 2.75) is 65.8 Å². The first-order valence-corrected chi connectivity index (χ1v) is 15.1. The monoisotopic (exact) mass is 570 g/mol. The summed E-state index contributed by atoms with van der Waals surface area (Å²) in [5.74, 6) is 0.893. The topological polar surface area (TPSA) is 106 Å². The summed E-state index contributed by atoms with van der Waals surface area (Å²) in [4.78, 5) is 24.1. The molecule has 9 nitrogen and oxygen atoms in total. The fraction of sp³-hybridized carbons (Fsp3) is 0.515. The van der Waals surface area contributed by atoms with Gasteiger partial charge in [0.25, 0.3) is 0 Å². The number of carbonyl (C=O) groups excluding carboxylic acids is 1. The van der Waals surface area contributed by atoms with Crippen molar-refractivity contribution in [2.24, 2.45) is 16.7 Å². The van der Waals surface area contributed by atoms with Gasteiger partial charge in [-0.3, -0.25) is 10.2 Å². The number of aryl methyl sites for hydroxylation is 1. The van der Waals surface area contributed by atoms with Gasteiger partial charge in [-0.15, -0.1) is 0 Å². The smallest absolute Gasteiger partial charge is 0.228 e. The van der Waals surface area contributed by atoms with Gasteiger partial charge in [0.05, 0.1) is 30.0 Å². The Balaban J connectivity index is 1.43. The molecule has 0 unspecified atom stereocenters. The number of ether oxygens (including phenoxy) is 1. The highest BCUT2D eigenvalue weighted by Crippen LogP contribution is 2.67. The molecule has 0 amide bonds. The van der Waals surface area contributed by atoms with Gasteiger partial charge in [-0.1, -0.05) is 36.4 Å². The molecule has 2 aliphatic carbocycles. The van der Waals surface area contributed by atoms with E-state index in [9.17, 15) is 15.3 Å². The molecule has 0 saturated heterocycles. The molecule has 1 aromatic heterocycles. The second-order valence-electron chi connectivity index (χ2n) is 11.9. The van der Waals surface area contributed by atoms with E-state index >= 15 is 0 Å². The van der Waals surface area contributed by atoms with Gasteiger partial charge in [0.1, 0.15) is 6.29 Å². The van der Waals surface area contributed by atoms with Crippen LogP contribution in [0.15, 0.2) is 42.5 Å². The minimum absolute atomic E-state index is 0.150. The van der Waals surface area contributed by atoms with Gasteiger partial charge >= 0.3 is 0 Å². The SMILES string of the molecule is CCN(CC)c1nc(C)cc(OCC[C@]23CC[C@](CC)(C2)[C@H](C=O)[C@@H]3N(O)N(C)c2ccc(C#N)c3ccccc23)n1. The van der Waals surface area contributed by atoms with Crippen molar-refractivity contribution in [2.75, 3.05) is 36.7 Å². The Morgan fingerprint density at radius 3 is 2.48 bits per heavy atom. The van der Waals surface area contributed by atoms with Crippen molar-refractivity contribution in [3.05, 3.63) is 53.7 Å². The number of hydrogen-bond donors (Lipinski definition) is 1. The summed E-state index contributed by atoms with van der Waals surface area (Å²) in [7, 11) is 1.82. The van der Waals surface area contributed by atoms with Crippen LogP contribution in [0.2, 0.25) is 0 Å². The van der Waals surface area contributed by atoms with Crippen molar-refractivity contribution in [3.63, 3.8) is 0 Å². The summed E-state index contributed by atoms with van der Waals surface area (Å²) in [6, 6.07) is 15.1. The average Bonchev–Trinajstić information content (AvgIpc) is 3.52. The molecule has 3 aromatic rings. The number of anilines is 2. The molecule has 2 bridgehead atoms. The van der Waals surface area contributed by atoms with E-state index in [0.29, 0.717) is 30.4 Å². The lowest BCUT2D eigenvalue weighted by atomic mass is 9.69. The molecule has 5 rings (SSSR count). The Bertz CT molecular complexity index is 1490. The van der Waals surface area contributed by atoms with Crippen molar-refractivity contribution in [1.29, 1.82) is 5.26 Å². The minimum Gasteiger partial charge on any atom is -0.478 e. The van der Waals surface area contributed by atoms with Crippen molar-refractivity contribution < 1.29 is 14.7 Å². The van der Waals surface area contributed by atoms with Crippen LogP contribution in [0, 0.1) is 35.0 Å². The third-order valence-corrected chi connectivity index (χ3v) is 9.99. The number of hydroxylamine groups is 1. The summed E-state index contributed by atoms with van der Waals surface area (Å²) < 4.78 is 6.26. The molecule has 1 heterocycles. The lowest BCUT2D eigenvalue weighted by Crippen LogP contribution is -2.56. The van der Waals surface area contributed by atoms with E-state index in [-0.39, 0.29) is 16.7 Å². The summed E-state index contributed by atoms with van der Waals surface area (Å²) in [6.07, 6.45) is 5.36. The number of nitrogens with zero attached hydrogens (tertiary/aromatic N) is 6. The van der Waals surface area contributed by atoms with Crippen molar-refractivity contribution in [3.8, 4) is 11.9 Å². The van der Waals surface area contributed by atoms with E-state index in [2.05, 4.69) is 41.7 Å². The third kappa shape index (κ3) is 4.97. The number of aromatic nitrogens is 2. The molecule has 9 heteroatoms. The predicted octanol–water partition coefficient (Wildman–Crippen LogP) is 5.93. The van der Waals surface area contributed by atoms with Crippen LogP contribution in [0.1, 0.15) is 64.1 Å². The first-order valence-electron chi connectivity index (χ1n) is 15.1. The molecule has 222 valence electrons. The summed E-state index contributed by atoms with van der Waals surface area (Å²) in [6.45, 7) is 10.3. The average molecular weight is 571 g/mol. The molecule has 0 radical (unpaired) electrons. The minimum atomic E-state index is -0.412. The van der Waals surface area contributed by atoms with Crippen LogP contribution in [0.5, 0.6) is 5.88 Å². The normalized spacial score (nSPS) is 24.6. The molecule has 2 fully saturated rings. The second-order valence-corrected chi connectivity index (χ2v) is 11.9. The lowest BCUT2D eigenvalue weighted by molar-refractivity contribution is -0.183. The van der Waals surface area contributed by atoms with Crippen LogP contribution < -0.4 is 14.6 Å². The van der Waals surface area contributed by atoms with Crippen LogP contribution in [0.3, 0.4) is 0 Å². The second kappa shape index (κ2) is 11.9. The number of hydrogen-bond acceptors (Lipinski definition) is 9. The molecule has 0 spiro atoms. The molecule has 4 atom stereocenters. The quantitative estimate of drug-likeness (QED) is 0.209. The number of rotatable bonds is 12. The highest BCUT2D eigenvalue weighted by molar-refractivity contribution is 5.97. The maximum Gasteiger partial charge on any atom is 0.228 e. The van der Waals surface area contributed by atoms with Gasteiger partial charge in [0, 0.05) is 48.6 Å². The molecule has 2 aromatic carbocycles. The summed E-state index contributed by atoms with van der Waals surface area (Å²) in [5.41, 5.74) is 1.75. The Morgan fingerprint density at radius 2 is 1.81 bits per heavy atom. The number of hydrazine groups is 1. The number of carbonyl (C=O) groups is 1. The van der Waals surface area contributed by atoms with E-state index in [1.54, 1.807) is 11.1 Å². The third-order valence-electron chi connectivity index (χ3n) is 9.99. The lowest BCUT2D eigenvalue weighted by Gasteiger charge is -2.46. The molecular weight excluding hydrogens is 528 g/mol. The molecule has 2 aliphatic rings. The number of nitriles is 1. The van der Waals surface area contributed by atoms with Crippen molar-refractivity contribution >= 4 is 28.7 Å². The fourth-order valence-electron chi connectivity index (χ4n) is 7.70. The van der Waals surface area contributed by atoms with Crippen LogP contribution in [0.25, 0.3) is 10.8 Å². The Labute approximate surface area is 248 Å². The van der Waals surface area contributed by atoms with E-state index in [1.807, 2.05) is 50.4 Å². The molecule has 2 saturated carbocycles. The van der Waals surface area contributed by atoms with Crippen LogP contribution in [-0.4, -0.2) is 59.4 Å². The van der Waals surface area contributed by atoms with E-state index in [1.165, 1.54) is 5.17 Å². The zero-order valence-corrected chi connectivity index (χ0v) is 25.4. The Kier molecular flexibility index (Phi) is 8.40. The van der Waals surface area contributed by atoms with E-state index in [0.717, 1.165) is 67.2 Å². The highest BCUT2D eigenvalue weighted by Gasteiger charge is 2.66. The standard InChI is InChI=1S/C33H42N6O3/c1-6-32-15-16-33(22-32,17-18-42-29-19-23(4)35-31(36-29)38(7-2)8-3)30(27(32)21-40)39(41)37(5)28-14-13-24(20-34)25-11-9-10-12-26(25)28/h9-14,19,21,27,30,41H,6-8,15-18,22H2,1-5H3/t27-,30+,32-,33-/m1/s1. The number of aldehydes is 1. The largest absolute Gasteiger partial charge is 0.478 e. The molecule has 1 N–H and O–H groups in total. The van der Waals surface area contributed by atoms with Gasteiger partial charge in [0.2, 0.25) is 11.8 Å². The van der Waals surface area contributed by atoms with Gasteiger partial charge in [-0.2, -0.15) is 10.2 Å². The van der Waals surface area contributed by atoms with Crippen molar-refractivity contribution in [1.82, 2.24) is 15.1 Å². The highest BCUT2D eigenvalue weighted by atomic mass is 16.6. The van der Waals surface area contributed by atoms with E-state index in [4.69, 9.17) is 4.74 Å². The molecule has 42 heavy (non-hydrogen) atoms. The van der Waals surface area contributed by atoms with Gasteiger partial charge in [-0.25, -0.2) is 4.98 Å². The number of fused-ring (bicyclic) bond motifs is 3. The van der Waals surface area contributed by atoms with Crippen LogP contribution in [0.4, 0.5) is 11.6 Å². The van der Waals surface area contributed by atoms with Gasteiger partial charge in [0.15, 0.2) is 0 Å². The van der Waals surface area contributed by atoms with Gasteiger partial charge in [-0.05, 0) is 75.8 Å². The zero-order valence-electron chi connectivity index (χ0n) is 25.4. The van der Waals surface area contributed by atoms with Crippen LogP contribution >= 0.6 is 0 Å². The fourth-order valence-corrected chi connectivity index (χ4v) is 7.70. The maximum absolute atomic E-state index is 12.7. The Morgan fingerprint density at radius 1 is 1.10 bits per heavy atom. The number of benzene rings is 2. The molecular formula is C33H42N6O3. The summed E-state index contributed by atoms with van der Waals surface area (Å²) >= 11 is 0. The van der Waals surface area contributed by atoms with Crippen LogP contribution in [-0.2, 0) is 4.79 Å². The zero-order chi connectivity index (χ0) is 30.1. The predicted molar refractivity (Wildman–Crippen MR) is 163 cm³/mol. The first kappa shape index (κ1) is 29.7. The van der Waals surface area contributed by atoms with Gasteiger partial charge < -0.3 is 14.4 Å².